The molecule has 0 saturated carbocycles. The average molecular weight is 381 g/mol. The second-order valence-corrected chi connectivity index (χ2v) is 5.48. The molecule has 0 aliphatic heterocycles. The largest absolute Gasteiger partial charge is 0.383 e. The van der Waals surface area contributed by atoms with E-state index < -0.39 is 0 Å². The molecule has 1 aromatic heterocycles. The van der Waals surface area contributed by atoms with Gasteiger partial charge >= 0.3 is 0 Å². The van der Waals surface area contributed by atoms with Crippen LogP contribution in [0.5, 0.6) is 0 Å². The van der Waals surface area contributed by atoms with Crippen LogP contribution in [-0.4, -0.2) is 40.5 Å². The Balaban J connectivity index is 2.22. The Morgan fingerprint density at radius 2 is 2.15 bits per heavy atom. The number of rotatable bonds is 6. The van der Waals surface area contributed by atoms with E-state index in [1.54, 1.807) is 23.9 Å². The van der Waals surface area contributed by atoms with E-state index in [-0.39, 0.29) is 0 Å². The first-order valence-electron chi connectivity index (χ1n) is 5.76. The first-order valence-corrected chi connectivity index (χ1v) is 7.30. The normalized spacial score (nSPS) is 11.0. The highest BCUT2D eigenvalue weighted by Crippen LogP contribution is 2.34. The lowest BCUT2D eigenvalue weighted by molar-refractivity contribution is 0.199. The lowest BCUT2D eigenvalue weighted by atomic mass is 10.3. The standard InChI is InChI=1S/C11H12BrCl2N5O/c1-20-5-4-15-6-9-16-17-18-19(9)8-3-2-7(12)10(13)11(8)14/h2-3,15H,4-6H2,1H3. The summed E-state index contributed by atoms with van der Waals surface area (Å²) in [5.74, 6) is 0.640. The fourth-order valence-corrected chi connectivity index (χ4v) is 2.41. The van der Waals surface area contributed by atoms with Crippen molar-refractivity contribution in [1.29, 1.82) is 0 Å². The van der Waals surface area contributed by atoms with Crippen molar-refractivity contribution in [3.63, 3.8) is 0 Å². The fraction of sp³-hybridized carbons (Fsp3) is 0.364. The molecule has 0 saturated heterocycles. The Labute approximate surface area is 134 Å². The average Bonchev–Trinajstić information content (AvgIpc) is 2.89. The highest BCUT2D eigenvalue weighted by Gasteiger charge is 2.14. The number of halogens is 3. The van der Waals surface area contributed by atoms with Gasteiger partial charge in [0.15, 0.2) is 5.82 Å². The summed E-state index contributed by atoms with van der Waals surface area (Å²) in [6, 6.07) is 3.60. The summed E-state index contributed by atoms with van der Waals surface area (Å²) < 4.78 is 7.24. The number of nitrogens with zero attached hydrogens (tertiary/aromatic N) is 4. The number of methoxy groups -OCH3 is 1. The molecule has 0 spiro atoms. The minimum atomic E-state index is 0.395. The van der Waals surface area contributed by atoms with Crippen molar-refractivity contribution in [2.24, 2.45) is 0 Å². The maximum Gasteiger partial charge on any atom is 0.170 e. The molecule has 0 atom stereocenters. The Morgan fingerprint density at radius 3 is 2.90 bits per heavy atom. The SMILES string of the molecule is COCCNCc1nnnn1-c1ccc(Br)c(Cl)c1Cl. The van der Waals surface area contributed by atoms with Crippen LogP contribution in [-0.2, 0) is 11.3 Å². The van der Waals surface area contributed by atoms with Gasteiger partial charge in [0.2, 0.25) is 0 Å². The molecule has 1 N–H and O–H groups in total. The molecular formula is C11H12BrCl2N5O. The van der Waals surface area contributed by atoms with Crippen molar-refractivity contribution in [1.82, 2.24) is 25.5 Å². The van der Waals surface area contributed by atoms with E-state index in [0.29, 0.717) is 41.3 Å². The molecular weight excluding hydrogens is 369 g/mol. The molecule has 2 rings (SSSR count). The first-order chi connectivity index (χ1) is 9.65. The topological polar surface area (TPSA) is 64.9 Å². The molecule has 1 heterocycles. The Bertz CT molecular complexity index is 592. The van der Waals surface area contributed by atoms with Crippen molar-refractivity contribution in [2.45, 2.75) is 6.54 Å². The van der Waals surface area contributed by atoms with Crippen LogP contribution >= 0.6 is 39.1 Å². The summed E-state index contributed by atoms with van der Waals surface area (Å²) >= 11 is 15.6. The number of benzene rings is 1. The predicted octanol–water partition coefficient (Wildman–Crippen LogP) is 2.47. The molecule has 0 radical (unpaired) electrons. The lowest BCUT2D eigenvalue weighted by Crippen LogP contribution is -2.21. The van der Waals surface area contributed by atoms with E-state index in [1.807, 2.05) is 0 Å². The predicted molar refractivity (Wildman–Crippen MR) is 80.5 cm³/mol. The first kappa shape index (κ1) is 15.7. The molecule has 0 unspecified atom stereocenters. The maximum absolute atomic E-state index is 6.23. The quantitative estimate of drug-likeness (QED) is 0.616. The summed E-state index contributed by atoms with van der Waals surface area (Å²) in [6.07, 6.45) is 0. The van der Waals surface area contributed by atoms with Gasteiger partial charge in [0.1, 0.15) is 0 Å². The molecule has 0 amide bonds. The smallest absolute Gasteiger partial charge is 0.170 e. The van der Waals surface area contributed by atoms with Crippen molar-refractivity contribution in [2.75, 3.05) is 20.3 Å². The van der Waals surface area contributed by atoms with Gasteiger partial charge in [-0.25, -0.2) is 0 Å². The van der Waals surface area contributed by atoms with E-state index in [1.165, 1.54) is 0 Å². The molecule has 0 aliphatic rings. The van der Waals surface area contributed by atoms with Gasteiger partial charge in [-0.2, -0.15) is 4.68 Å². The molecule has 0 bridgehead atoms. The minimum Gasteiger partial charge on any atom is -0.383 e. The van der Waals surface area contributed by atoms with Gasteiger partial charge in [-0.05, 0) is 38.5 Å². The molecule has 20 heavy (non-hydrogen) atoms. The number of tetrazole rings is 1. The summed E-state index contributed by atoms with van der Waals surface area (Å²) in [5, 5.41) is 15.6. The Kier molecular flexibility index (Phi) is 5.74. The van der Waals surface area contributed by atoms with Crippen LogP contribution in [0.25, 0.3) is 5.69 Å². The number of ether oxygens (including phenoxy) is 1. The van der Waals surface area contributed by atoms with Crippen LogP contribution in [0.3, 0.4) is 0 Å². The number of aromatic nitrogens is 4. The van der Waals surface area contributed by atoms with Crippen LogP contribution in [0.1, 0.15) is 5.82 Å². The molecule has 1 aromatic carbocycles. The monoisotopic (exact) mass is 379 g/mol. The number of hydrogen-bond donors (Lipinski definition) is 1. The number of hydrogen-bond acceptors (Lipinski definition) is 5. The third kappa shape index (κ3) is 3.48. The van der Waals surface area contributed by atoms with E-state index in [4.69, 9.17) is 27.9 Å². The van der Waals surface area contributed by atoms with E-state index in [0.717, 1.165) is 4.47 Å². The van der Waals surface area contributed by atoms with Gasteiger partial charge in [-0.1, -0.05) is 23.2 Å². The molecule has 9 heteroatoms. The molecule has 2 aromatic rings. The molecule has 0 aliphatic carbocycles. The third-order valence-electron chi connectivity index (χ3n) is 2.54. The van der Waals surface area contributed by atoms with Crippen molar-refractivity contribution in [3.05, 3.63) is 32.5 Å². The van der Waals surface area contributed by atoms with Crippen LogP contribution in [0.15, 0.2) is 16.6 Å². The zero-order valence-corrected chi connectivity index (χ0v) is 13.7. The maximum atomic E-state index is 6.23. The van der Waals surface area contributed by atoms with E-state index >= 15 is 0 Å². The number of nitrogens with one attached hydrogen (secondary N) is 1. The van der Waals surface area contributed by atoms with Gasteiger partial charge in [0.25, 0.3) is 0 Å². The van der Waals surface area contributed by atoms with Gasteiger partial charge in [-0.3, -0.25) is 0 Å². The summed E-state index contributed by atoms with van der Waals surface area (Å²) in [7, 11) is 1.65. The van der Waals surface area contributed by atoms with Crippen molar-refractivity contribution >= 4 is 39.1 Å². The fourth-order valence-electron chi connectivity index (χ4n) is 1.56. The van der Waals surface area contributed by atoms with Crippen LogP contribution in [0, 0.1) is 0 Å². The molecule has 0 fully saturated rings. The summed E-state index contributed by atoms with van der Waals surface area (Å²) in [4.78, 5) is 0. The zero-order valence-electron chi connectivity index (χ0n) is 10.6. The van der Waals surface area contributed by atoms with Crippen molar-refractivity contribution in [3.8, 4) is 5.69 Å². The molecule has 6 nitrogen and oxygen atoms in total. The zero-order chi connectivity index (χ0) is 14.5. The van der Waals surface area contributed by atoms with Crippen LogP contribution in [0.2, 0.25) is 10.0 Å². The van der Waals surface area contributed by atoms with Gasteiger partial charge in [0, 0.05) is 18.1 Å². The summed E-state index contributed by atoms with van der Waals surface area (Å²) in [5.41, 5.74) is 0.633. The van der Waals surface area contributed by atoms with E-state index in [9.17, 15) is 0 Å². The highest BCUT2D eigenvalue weighted by molar-refractivity contribution is 9.10. The van der Waals surface area contributed by atoms with Gasteiger partial charge in [0.05, 0.1) is 28.9 Å². The molecule has 108 valence electrons. The highest BCUT2D eigenvalue weighted by atomic mass is 79.9. The van der Waals surface area contributed by atoms with Gasteiger partial charge < -0.3 is 10.1 Å². The van der Waals surface area contributed by atoms with E-state index in [2.05, 4.69) is 36.8 Å². The Hall–Kier alpha value is -0.730. The third-order valence-corrected chi connectivity index (χ3v) is 4.30. The summed E-state index contributed by atoms with van der Waals surface area (Å²) in [6.45, 7) is 1.82. The minimum absolute atomic E-state index is 0.395. The lowest BCUT2D eigenvalue weighted by Gasteiger charge is -2.09. The Morgan fingerprint density at radius 1 is 1.35 bits per heavy atom. The van der Waals surface area contributed by atoms with Gasteiger partial charge in [-0.15, -0.1) is 5.10 Å². The van der Waals surface area contributed by atoms with Crippen LogP contribution < -0.4 is 5.32 Å². The van der Waals surface area contributed by atoms with Crippen LogP contribution in [0.4, 0.5) is 0 Å². The van der Waals surface area contributed by atoms with Crippen molar-refractivity contribution < 1.29 is 4.74 Å². The second-order valence-electron chi connectivity index (χ2n) is 3.87. The second kappa shape index (κ2) is 7.33.